The fourth-order valence-corrected chi connectivity index (χ4v) is 4.06. The molecule has 0 atom stereocenters. The molecule has 0 aliphatic heterocycles. The maximum absolute atomic E-state index is 13.5. The smallest absolute Gasteiger partial charge is 0.341 e. The lowest BCUT2D eigenvalue weighted by molar-refractivity contribution is 0.0523. The number of amides is 1. The van der Waals surface area contributed by atoms with Crippen LogP contribution < -0.4 is 11.0 Å². The molecule has 8 nitrogen and oxygen atoms in total. The second kappa shape index (κ2) is 10.0. The monoisotopic (exact) mass is 472 g/mol. The number of hydrogen-bond donors (Lipinski definition) is 0. The van der Waals surface area contributed by atoms with E-state index in [4.69, 9.17) is 9.72 Å². The number of rotatable bonds is 6. The van der Waals surface area contributed by atoms with Crippen molar-refractivity contribution >= 4 is 28.6 Å². The molecular formula is C27H28N4O4. The third kappa shape index (κ3) is 4.51. The SMILES string of the molecule is CCCCn1c(=NC(=O)c2ccccc2C)c(C(=O)OCC)cc2c(=O)n3cccc(C)c3nc21. The number of benzene rings is 1. The first kappa shape index (κ1) is 24.1. The van der Waals surface area contributed by atoms with Crippen LogP contribution in [0.1, 0.15) is 58.5 Å². The molecule has 8 heteroatoms. The molecule has 1 amide bonds. The summed E-state index contributed by atoms with van der Waals surface area (Å²) in [6, 6.07) is 12.2. The molecule has 0 fully saturated rings. The lowest BCUT2D eigenvalue weighted by Crippen LogP contribution is -2.33. The lowest BCUT2D eigenvalue weighted by atomic mass is 10.1. The van der Waals surface area contributed by atoms with Crippen molar-refractivity contribution in [1.82, 2.24) is 14.0 Å². The summed E-state index contributed by atoms with van der Waals surface area (Å²) in [6.45, 7) is 8.02. The Morgan fingerprint density at radius 1 is 1.00 bits per heavy atom. The van der Waals surface area contributed by atoms with Crippen molar-refractivity contribution in [1.29, 1.82) is 0 Å². The third-order valence-electron chi connectivity index (χ3n) is 5.92. The molecule has 0 aliphatic rings. The van der Waals surface area contributed by atoms with E-state index in [1.165, 1.54) is 10.5 Å². The van der Waals surface area contributed by atoms with Crippen molar-refractivity contribution < 1.29 is 14.3 Å². The Labute approximate surface area is 202 Å². The number of unbranched alkanes of at least 4 members (excludes halogenated alkanes) is 1. The minimum absolute atomic E-state index is 0.0592. The Bertz CT molecular complexity index is 1580. The number of aryl methyl sites for hydroxylation is 3. The number of hydrogen-bond acceptors (Lipinski definition) is 5. The van der Waals surface area contributed by atoms with E-state index in [0.29, 0.717) is 23.4 Å². The van der Waals surface area contributed by atoms with Crippen molar-refractivity contribution in [3.63, 3.8) is 0 Å². The van der Waals surface area contributed by atoms with E-state index in [9.17, 15) is 14.4 Å². The van der Waals surface area contributed by atoms with Gasteiger partial charge in [-0.1, -0.05) is 37.6 Å². The van der Waals surface area contributed by atoms with Crippen LogP contribution in [0.4, 0.5) is 0 Å². The predicted molar refractivity (Wildman–Crippen MR) is 134 cm³/mol. The summed E-state index contributed by atoms with van der Waals surface area (Å²) in [5, 5.41) is 0.259. The first-order valence-corrected chi connectivity index (χ1v) is 11.7. The van der Waals surface area contributed by atoms with Gasteiger partial charge in [-0.25, -0.2) is 9.78 Å². The minimum Gasteiger partial charge on any atom is -0.462 e. The number of carbonyl (C=O) groups is 2. The van der Waals surface area contributed by atoms with Crippen LogP contribution in [0.15, 0.2) is 58.4 Å². The van der Waals surface area contributed by atoms with Crippen LogP contribution in [0.2, 0.25) is 0 Å². The molecule has 3 aromatic heterocycles. The van der Waals surface area contributed by atoms with Crippen molar-refractivity contribution in [3.8, 4) is 0 Å². The highest BCUT2D eigenvalue weighted by molar-refractivity contribution is 5.98. The number of aromatic nitrogens is 3. The van der Waals surface area contributed by atoms with Gasteiger partial charge in [-0.3, -0.25) is 14.0 Å². The van der Waals surface area contributed by atoms with Crippen molar-refractivity contribution in [3.05, 3.63) is 86.8 Å². The molecule has 0 N–H and O–H groups in total. The van der Waals surface area contributed by atoms with Gasteiger partial charge in [0.2, 0.25) is 0 Å². The molecule has 35 heavy (non-hydrogen) atoms. The molecule has 0 radical (unpaired) electrons. The van der Waals surface area contributed by atoms with E-state index in [1.54, 1.807) is 35.9 Å². The van der Waals surface area contributed by atoms with E-state index < -0.39 is 11.9 Å². The normalized spacial score (nSPS) is 11.8. The van der Waals surface area contributed by atoms with E-state index in [1.807, 2.05) is 39.0 Å². The molecule has 180 valence electrons. The fraction of sp³-hybridized carbons (Fsp3) is 0.296. The number of pyridine rings is 2. The number of ether oxygens (including phenoxy) is 1. The van der Waals surface area contributed by atoms with Crippen LogP contribution in [-0.4, -0.2) is 32.4 Å². The van der Waals surface area contributed by atoms with Crippen LogP contribution in [0.5, 0.6) is 0 Å². The van der Waals surface area contributed by atoms with Gasteiger partial charge in [0.1, 0.15) is 16.9 Å². The highest BCUT2D eigenvalue weighted by atomic mass is 16.5. The van der Waals surface area contributed by atoms with Crippen LogP contribution in [0, 0.1) is 13.8 Å². The van der Waals surface area contributed by atoms with Crippen molar-refractivity contribution in [2.45, 2.75) is 47.1 Å². The predicted octanol–water partition coefficient (Wildman–Crippen LogP) is 3.98. The Balaban J connectivity index is 2.15. The molecule has 1 aromatic carbocycles. The second-order valence-electron chi connectivity index (χ2n) is 8.38. The first-order chi connectivity index (χ1) is 16.9. The summed E-state index contributed by atoms with van der Waals surface area (Å²) in [7, 11) is 0. The lowest BCUT2D eigenvalue weighted by Gasteiger charge is -2.15. The van der Waals surface area contributed by atoms with Gasteiger partial charge in [0.25, 0.3) is 11.5 Å². The number of fused-ring (bicyclic) bond motifs is 2. The van der Waals surface area contributed by atoms with E-state index >= 15 is 0 Å². The average Bonchev–Trinajstić information content (AvgIpc) is 2.84. The zero-order chi connectivity index (χ0) is 25.1. The summed E-state index contributed by atoms with van der Waals surface area (Å²) in [5.74, 6) is -1.13. The topological polar surface area (TPSA) is 95.0 Å². The molecule has 3 heterocycles. The molecule has 0 spiro atoms. The molecule has 0 saturated heterocycles. The summed E-state index contributed by atoms with van der Waals surface area (Å²) in [4.78, 5) is 48.9. The first-order valence-electron chi connectivity index (χ1n) is 11.7. The Hall–Kier alpha value is -4.07. The summed E-state index contributed by atoms with van der Waals surface area (Å²) < 4.78 is 8.45. The maximum Gasteiger partial charge on any atom is 0.341 e. The van der Waals surface area contributed by atoms with Gasteiger partial charge in [0.05, 0.1) is 12.0 Å². The minimum atomic E-state index is -0.648. The van der Waals surface area contributed by atoms with Crippen molar-refractivity contribution in [2.24, 2.45) is 4.99 Å². The Morgan fingerprint density at radius 3 is 2.46 bits per heavy atom. The second-order valence-corrected chi connectivity index (χ2v) is 8.38. The Morgan fingerprint density at radius 2 is 1.74 bits per heavy atom. The summed E-state index contributed by atoms with van der Waals surface area (Å²) in [6.07, 6.45) is 3.24. The van der Waals surface area contributed by atoms with E-state index in [-0.39, 0.29) is 28.6 Å². The van der Waals surface area contributed by atoms with Gasteiger partial charge in [0, 0.05) is 18.3 Å². The molecular weight excluding hydrogens is 444 g/mol. The Kier molecular flexibility index (Phi) is 6.91. The largest absolute Gasteiger partial charge is 0.462 e. The third-order valence-corrected chi connectivity index (χ3v) is 5.92. The number of esters is 1. The average molecular weight is 473 g/mol. The quantitative estimate of drug-likeness (QED) is 0.312. The molecule has 0 bridgehead atoms. The molecule has 4 rings (SSSR count). The maximum atomic E-state index is 13.5. The summed E-state index contributed by atoms with van der Waals surface area (Å²) in [5.41, 5.74) is 2.83. The van der Waals surface area contributed by atoms with Gasteiger partial charge in [-0.15, -0.1) is 0 Å². The summed E-state index contributed by atoms with van der Waals surface area (Å²) >= 11 is 0. The van der Waals surface area contributed by atoms with Crippen molar-refractivity contribution in [2.75, 3.05) is 6.61 Å². The van der Waals surface area contributed by atoms with Gasteiger partial charge in [0.15, 0.2) is 5.49 Å². The highest BCUT2D eigenvalue weighted by Crippen LogP contribution is 2.15. The molecule has 4 aromatic rings. The van der Waals surface area contributed by atoms with Gasteiger partial charge in [-0.2, -0.15) is 4.99 Å². The van der Waals surface area contributed by atoms with Crippen LogP contribution in [0.25, 0.3) is 16.7 Å². The molecule has 0 saturated carbocycles. The molecule has 0 unspecified atom stereocenters. The van der Waals surface area contributed by atoms with Crippen LogP contribution >= 0.6 is 0 Å². The van der Waals surface area contributed by atoms with Gasteiger partial charge >= 0.3 is 5.97 Å². The zero-order valence-electron chi connectivity index (χ0n) is 20.4. The van der Waals surface area contributed by atoms with Crippen LogP contribution in [-0.2, 0) is 11.3 Å². The zero-order valence-corrected chi connectivity index (χ0v) is 20.4. The number of nitrogens with zero attached hydrogens (tertiary/aromatic N) is 4. The highest BCUT2D eigenvalue weighted by Gasteiger charge is 2.20. The van der Waals surface area contributed by atoms with Crippen LogP contribution in [0.3, 0.4) is 0 Å². The van der Waals surface area contributed by atoms with Gasteiger partial charge < -0.3 is 9.30 Å². The van der Waals surface area contributed by atoms with E-state index in [0.717, 1.165) is 24.0 Å². The standard InChI is InChI=1S/C27H28N4O4/c1-5-7-14-30-23-20(26(33)31-15-10-12-18(4)22(31)28-23)16-21(27(34)35-6-2)24(30)29-25(32)19-13-9-8-11-17(19)3/h8-13,15-16H,5-7,14H2,1-4H3. The molecule has 0 aliphatic carbocycles. The fourth-order valence-electron chi connectivity index (χ4n) is 4.06. The van der Waals surface area contributed by atoms with Gasteiger partial charge in [-0.05, 0) is 56.5 Å². The van der Waals surface area contributed by atoms with E-state index in [2.05, 4.69) is 4.99 Å². The number of carbonyl (C=O) groups excluding carboxylic acids is 2.